The van der Waals surface area contributed by atoms with Crippen LogP contribution in [0.4, 0.5) is 17.1 Å². The zero-order valence-electron chi connectivity index (χ0n) is 11.1. The van der Waals surface area contributed by atoms with Gasteiger partial charge in [-0.25, -0.2) is 0 Å². The third kappa shape index (κ3) is 3.38. The summed E-state index contributed by atoms with van der Waals surface area (Å²) in [5.74, 6) is -0.367. The van der Waals surface area contributed by atoms with E-state index in [9.17, 15) is 14.9 Å². The topological polar surface area (TPSA) is 98.3 Å². The van der Waals surface area contributed by atoms with E-state index in [0.717, 1.165) is 0 Å². The van der Waals surface area contributed by atoms with Crippen LogP contribution in [0.3, 0.4) is 0 Å². The Labute approximate surface area is 129 Å². The minimum atomic E-state index is -0.481. The van der Waals surface area contributed by atoms with Crippen LogP contribution in [0, 0.1) is 17.0 Å². The molecule has 108 valence electrons. The fourth-order valence-electron chi connectivity index (χ4n) is 1.76. The molecule has 0 atom stereocenters. The van der Waals surface area contributed by atoms with E-state index in [0.29, 0.717) is 27.0 Å². The summed E-state index contributed by atoms with van der Waals surface area (Å²) in [6, 6.07) is 9.32. The van der Waals surface area contributed by atoms with Gasteiger partial charge in [-0.05, 0) is 47.1 Å². The number of carbonyl (C=O) groups excluding carboxylic acids is 1. The summed E-state index contributed by atoms with van der Waals surface area (Å²) in [5, 5.41) is 13.5. The number of nitro groups is 1. The quantitative estimate of drug-likeness (QED) is 0.503. The second kappa shape index (κ2) is 5.92. The molecule has 21 heavy (non-hydrogen) atoms. The molecule has 0 bridgehead atoms. The van der Waals surface area contributed by atoms with Gasteiger partial charge in [-0.2, -0.15) is 0 Å². The summed E-state index contributed by atoms with van der Waals surface area (Å²) < 4.78 is 0.616. The molecule has 0 radical (unpaired) electrons. The Morgan fingerprint density at radius 1 is 1.29 bits per heavy atom. The number of nitrogens with zero attached hydrogens (tertiary/aromatic N) is 1. The van der Waals surface area contributed by atoms with E-state index in [2.05, 4.69) is 21.2 Å². The second-order valence-electron chi connectivity index (χ2n) is 4.45. The first-order valence-corrected chi connectivity index (χ1v) is 6.79. The molecule has 0 heterocycles. The van der Waals surface area contributed by atoms with Crippen LogP contribution < -0.4 is 11.1 Å². The molecule has 7 heteroatoms. The first-order chi connectivity index (χ1) is 9.88. The van der Waals surface area contributed by atoms with Crippen molar-refractivity contribution in [3.63, 3.8) is 0 Å². The SMILES string of the molecule is Cc1ccc(NC(=O)c2ccc(N)c(Br)c2)cc1[N+](=O)[O-]. The molecule has 6 nitrogen and oxygen atoms in total. The molecule has 0 spiro atoms. The van der Waals surface area contributed by atoms with Gasteiger partial charge in [-0.3, -0.25) is 14.9 Å². The summed E-state index contributed by atoms with van der Waals surface area (Å²) in [7, 11) is 0. The lowest BCUT2D eigenvalue weighted by atomic mass is 10.1. The number of anilines is 2. The van der Waals surface area contributed by atoms with Crippen molar-refractivity contribution in [1.29, 1.82) is 0 Å². The maximum absolute atomic E-state index is 12.1. The molecule has 0 saturated heterocycles. The van der Waals surface area contributed by atoms with Crippen LogP contribution >= 0.6 is 15.9 Å². The van der Waals surface area contributed by atoms with Crippen molar-refractivity contribution in [1.82, 2.24) is 0 Å². The molecule has 0 fully saturated rings. The lowest BCUT2D eigenvalue weighted by molar-refractivity contribution is -0.385. The predicted octanol–water partition coefficient (Wildman–Crippen LogP) is 3.50. The Balaban J connectivity index is 2.25. The first-order valence-electron chi connectivity index (χ1n) is 6.00. The number of nitrogen functional groups attached to an aromatic ring is 1. The lowest BCUT2D eigenvalue weighted by Crippen LogP contribution is -2.12. The number of hydrogen-bond donors (Lipinski definition) is 2. The molecule has 0 aromatic heterocycles. The minimum absolute atomic E-state index is 0.0358. The Hall–Kier alpha value is -2.41. The number of rotatable bonds is 3. The minimum Gasteiger partial charge on any atom is -0.398 e. The van der Waals surface area contributed by atoms with E-state index < -0.39 is 4.92 Å². The molecule has 2 rings (SSSR count). The van der Waals surface area contributed by atoms with E-state index in [1.807, 2.05) is 0 Å². The third-order valence-corrected chi connectivity index (χ3v) is 3.61. The van der Waals surface area contributed by atoms with Gasteiger partial charge in [0.05, 0.1) is 4.92 Å². The van der Waals surface area contributed by atoms with Gasteiger partial charge in [0.2, 0.25) is 0 Å². The fraction of sp³-hybridized carbons (Fsp3) is 0.0714. The molecular weight excluding hydrogens is 338 g/mol. The van der Waals surface area contributed by atoms with Crippen molar-refractivity contribution in [2.75, 3.05) is 11.1 Å². The van der Waals surface area contributed by atoms with Crippen LogP contribution in [-0.2, 0) is 0 Å². The average Bonchev–Trinajstić information content (AvgIpc) is 2.43. The number of hydrogen-bond acceptors (Lipinski definition) is 4. The van der Waals surface area contributed by atoms with Gasteiger partial charge in [0.1, 0.15) is 0 Å². The highest BCUT2D eigenvalue weighted by Crippen LogP contribution is 2.24. The average molecular weight is 350 g/mol. The fourth-order valence-corrected chi connectivity index (χ4v) is 2.13. The summed E-state index contributed by atoms with van der Waals surface area (Å²) in [6.07, 6.45) is 0. The van der Waals surface area contributed by atoms with Crippen LogP contribution in [-0.4, -0.2) is 10.8 Å². The molecule has 2 aromatic rings. The number of nitrogens with two attached hydrogens (primary N) is 1. The van der Waals surface area contributed by atoms with Gasteiger partial charge in [0.15, 0.2) is 0 Å². The van der Waals surface area contributed by atoms with Gasteiger partial charge in [0.25, 0.3) is 11.6 Å². The largest absolute Gasteiger partial charge is 0.398 e. The highest BCUT2D eigenvalue weighted by molar-refractivity contribution is 9.10. The number of halogens is 1. The Bertz CT molecular complexity index is 731. The van der Waals surface area contributed by atoms with Gasteiger partial charge in [-0.15, -0.1) is 0 Å². The van der Waals surface area contributed by atoms with Gasteiger partial charge in [-0.1, -0.05) is 6.07 Å². The van der Waals surface area contributed by atoms with Crippen molar-refractivity contribution >= 4 is 38.9 Å². The van der Waals surface area contributed by atoms with Crippen molar-refractivity contribution in [2.45, 2.75) is 6.92 Å². The predicted molar refractivity (Wildman–Crippen MR) is 84.3 cm³/mol. The smallest absolute Gasteiger partial charge is 0.274 e. The van der Waals surface area contributed by atoms with Crippen LogP contribution in [0.2, 0.25) is 0 Å². The summed E-state index contributed by atoms with van der Waals surface area (Å²) in [4.78, 5) is 22.5. The highest BCUT2D eigenvalue weighted by atomic mass is 79.9. The molecule has 0 unspecified atom stereocenters. The van der Waals surface area contributed by atoms with Gasteiger partial charge < -0.3 is 11.1 Å². The number of aryl methyl sites for hydroxylation is 1. The second-order valence-corrected chi connectivity index (χ2v) is 5.30. The monoisotopic (exact) mass is 349 g/mol. The molecular formula is C14H12BrN3O3. The van der Waals surface area contributed by atoms with Gasteiger partial charge >= 0.3 is 0 Å². The normalized spacial score (nSPS) is 10.2. The molecule has 0 aliphatic carbocycles. The van der Waals surface area contributed by atoms with Crippen molar-refractivity contribution in [2.24, 2.45) is 0 Å². The molecule has 3 N–H and O–H groups in total. The number of nitrogens with one attached hydrogen (secondary N) is 1. The Morgan fingerprint density at radius 2 is 2.00 bits per heavy atom. The number of carbonyl (C=O) groups is 1. The Kier molecular flexibility index (Phi) is 4.23. The number of benzene rings is 2. The lowest BCUT2D eigenvalue weighted by Gasteiger charge is -2.07. The van der Waals surface area contributed by atoms with E-state index in [4.69, 9.17) is 5.73 Å². The molecule has 2 aromatic carbocycles. The van der Waals surface area contributed by atoms with Crippen LogP contribution in [0.15, 0.2) is 40.9 Å². The van der Waals surface area contributed by atoms with E-state index in [1.165, 1.54) is 6.07 Å². The van der Waals surface area contributed by atoms with E-state index in [-0.39, 0.29) is 11.6 Å². The number of nitro benzene ring substituents is 1. The Morgan fingerprint density at radius 3 is 2.62 bits per heavy atom. The summed E-state index contributed by atoms with van der Waals surface area (Å²) >= 11 is 3.25. The third-order valence-electron chi connectivity index (χ3n) is 2.93. The van der Waals surface area contributed by atoms with Crippen molar-refractivity contribution in [3.8, 4) is 0 Å². The van der Waals surface area contributed by atoms with Gasteiger partial charge in [0, 0.05) is 33.0 Å². The molecule has 0 aliphatic rings. The van der Waals surface area contributed by atoms with Crippen molar-refractivity contribution in [3.05, 3.63) is 62.1 Å². The van der Waals surface area contributed by atoms with Crippen LogP contribution in [0.5, 0.6) is 0 Å². The maximum Gasteiger partial charge on any atom is 0.274 e. The zero-order chi connectivity index (χ0) is 15.6. The van der Waals surface area contributed by atoms with Crippen molar-refractivity contribution < 1.29 is 9.72 Å². The van der Waals surface area contributed by atoms with E-state index in [1.54, 1.807) is 37.3 Å². The highest BCUT2D eigenvalue weighted by Gasteiger charge is 2.13. The first kappa shape index (κ1) is 15.0. The zero-order valence-corrected chi connectivity index (χ0v) is 12.7. The summed E-state index contributed by atoms with van der Waals surface area (Å²) in [6.45, 7) is 1.64. The summed E-state index contributed by atoms with van der Waals surface area (Å²) in [5.41, 5.74) is 7.45. The number of amides is 1. The standard InChI is InChI=1S/C14H12BrN3O3/c1-8-2-4-10(7-13(8)18(20)21)17-14(19)9-3-5-12(16)11(15)6-9/h2-7H,16H2,1H3,(H,17,19). The maximum atomic E-state index is 12.1. The van der Waals surface area contributed by atoms with Crippen LogP contribution in [0.25, 0.3) is 0 Å². The molecule has 0 saturated carbocycles. The molecule has 0 aliphatic heterocycles. The van der Waals surface area contributed by atoms with E-state index >= 15 is 0 Å². The molecule has 1 amide bonds. The van der Waals surface area contributed by atoms with Crippen LogP contribution in [0.1, 0.15) is 15.9 Å².